The van der Waals surface area contributed by atoms with Crippen molar-refractivity contribution in [1.29, 1.82) is 0 Å². The van der Waals surface area contributed by atoms with Crippen molar-refractivity contribution in [3.63, 3.8) is 0 Å². The van der Waals surface area contributed by atoms with Crippen LogP contribution in [0.4, 0.5) is 0 Å². The molecule has 5 atom stereocenters. The van der Waals surface area contributed by atoms with E-state index in [9.17, 15) is 5.11 Å². The predicted molar refractivity (Wildman–Crippen MR) is 89.0 cm³/mol. The zero-order chi connectivity index (χ0) is 16.3. The molecule has 1 saturated heterocycles. The van der Waals surface area contributed by atoms with Crippen LogP contribution in [-0.4, -0.2) is 60.7 Å². The van der Waals surface area contributed by atoms with Crippen molar-refractivity contribution in [2.24, 2.45) is 11.3 Å². The molecule has 4 heteroatoms. The van der Waals surface area contributed by atoms with E-state index < -0.39 is 6.10 Å². The monoisotopic (exact) mass is 313 g/mol. The lowest BCUT2D eigenvalue weighted by molar-refractivity contribution is -0.0928. The van der Waals surface area contributed by atoms with Gasteiger partial charge in [0, 0.05) is 19.6 Å². The van der Waals surface area contributed by atoms with Gasteiger partial charge in [0.05, 0.1) is 31.0 Å². The molecule has 0 spiro atoms. The van der Waals surface area contributed by atoms with Crippen molar-refractivity contribution in [3.8, 4) is 0 Å². The molecule has 4 nitrogen and oxygen atoms in total. The van der Waals surface area contributed by atoms with E-state index in [0.717, 1.165) is 25.9 Å². The number of aliphatic hydroxyl groups excluding tert-OH is 1. The van der Waals surface area contributed by atoms with Gasteiger partial charge in [0.2, 0.25) is 0 Å². The summed E-state index contributed by atoms with van der Waals surface area (Å²) in [6.45, 7) is 14.1. The van der Waals surface area contributed by atoms with Gasteiger partial charge in [-0.15, -0.1) is 0 Å². The lowest BCUT2D eigenvalue weighted by Gasteiger charge is -2.39. The average molecular weight is 313 g/mol. The minimum absolute atomic E-state index is 0.247. The third-order valence-electron chi connectivity index (χ3n) is 4.84. The molecule has 0 bridgehead atoms. The molecule has 1 aliphatic heterocycles. The first-order valence-corrected chi connectivity index (χ1v) is 8.91. The first-order chi connectivity index (χ1) is 10.2. The molecule has 0 aromatic carbocycles. The highest BCUT2D eigenvalue weighted by Crippen LogP contribution is 2.39. The predicted octanol–water partition coefficient (Wildman–Crippen LogP) is 2.69. The second-order valence-corrected chi connectivity index (χ2v) is 8.50. The SMILES string of the molecule is C[C@H]1C[C@H](OC[C@H](O)CN2C[C@@H](C)O[C@@H](C)C2)CC(C)(C)C1. The van der Waals surface area contributed by atoms with Crippen molar-refractivity contribution in [1.82, 2.24) is 4.90 Å². The van der Waals surface area contributed by atoms with E-state index in [1.807, 2.05) is 0 Å². The number of β-amino-alcohol motifs (C(OH)–C–C–N with tert-alkyl or cyclic N) is 1. The lowest BCUT2D eigenvalue weighted by Crippen LogP contribution is -2.48. The van der Waals surface area contributed by atoms with Crippen molar-refractivity contribution < 1.29 is 14.6 Å². The molecule has 2 rings (SSSR count). The molecule has 1 aliphatic carbocycles. The van der Waals surface area contributed by atoms with Crippen LogP contribution in [0, 0.1) is 11.3 Å². The average Bonchev–Trinajstić information content (AvgIpc) is 2.32. The number of hydrogen-bond acceptors (Lipinski definition) is 4. The second kappa shape index (κ2) is 7.61. The van der Waals surface area contributed by atoms with Gasteiger partial charge < -0.3 is 14.6 Å². The maximum atomic E-state index is 10.3. The van der Waals surface area contributed by atoms with E-state index in [4.69, 9.17) is 9.47 Å². The van der Waals surface area contributed by atoms with Crippen LogP contribution in [0.25, 0.3) is 0 Å². The second-order valence-electron chi connectivity index (χ2n) is 8.50. The molecule has 0 aromatic heterocycles. The maximum Gasteiger partial charge on any atom is 0.0900 e. The molecule has 1 saturated carbocycles. The summed E-state index contributed by atoms with van der Waals surface area (Å²) in [6, 6.07) is 0. The molecule has 1 N–H and O–H groups in total. The van der Waals surface area contributed by atoms with Gasteiger partial charge in [-0.2, -0.15) is 0 Å². The molecule has 0 radical (unpaired) electrons. The summed E-state index contributed by atoms with van der Waals surface area (Å²) in [5.74, 6) is 0.715. The Labute approximate surface area is 136 Å². The zero-order valence-electron chi connectivity index (χ0n) is 15.0. The summed E-state index contributed by atoms with van der Waals surface area (Å²) in [4.78, 5) is 2.29. The minimum Gasteiger partial charge on any atom is -0.389 e. The highest BCUT2D eigenvalue weighted by Gasteiger charge is 2.33. The van der Waals surface area contributed by atoms with Crippen molar-refractivity contribution >= 4 is 0 Å². The molecule has 0 unspecified atom stereocenters. The van der Waals surface area contributed by atoms with Crippen LogP contribution in [-0.2, 0) is 9.47 Å². The van der Waals surface area contributed by atoms with Gasteiger partial charge in [0.15, 0.2) is 0 Å². The van der Waals surface area contributed by atoms with Gasteiger partial charge in [-0.3, -0.25) is 4.90 Å². The molecule has 0 aromatic rings. The van der Waals surface area contributed by atoms with Gasteiger partial charge in [-0.1, -0.05) is 20.8 Å². The fourth-order valence-corrected chi connectivity index (χ4v) is 4.42. The number of morpholine rings is 1. The maximum absolute atomic E-state index is 10.3. The van der Waals surface area contributed by atoms with Gasteiger partial charge in [-0.25, -0.2) is 0 Å². The normalized spacial score (nSPS) is 37.9. The highest BCUT2D eigenvalue weighted by atomic mass is 16.5. The Bertz CT molecular complexity index is 337. The summed E-state index contributed by atoms with van der Waals surface area (Å²) < 4.78 is 11.8. The Morgan fingerprint density at radius 3 is 2.41 bits per heavy atom. The number of rotatable bonds is 5. The fourth-order valence-electron chi connectivity index (χ4n) is 4.42. The van der Waals surface area contributed by atoms with E-state index in [0.29, 0.717) is 30.6 Å². The minimum atomic E-state index is -0.405. The van der Waals surface area contributed by atoms with E-state index in [2.05, 4.69) is 39.5 Å². The lowest BCUT2D eigenvalue weighted by atomic mass is 9.71. The third-order valence-corrected chi connectivity index (χ3v) is 4.84. The Hall–Kier alpha value is -0.160. The van der Waals surface area contributed by atoms with Crippen LogP contribution in [0.15, 0.2) is 0 Å². The molecule has 2 fully saturated rings. The third kappa shape index (κ3) is 5.80. The molecule has 1 heterocycles. The van der Waals surface area contributed by atoms with E-state index >= 15 is 0 Å². The smallest absolute Gasteiger partial charge is 0.0900 e. The van der Waals surface area contributed by atoms with Crippen molar-refractivity contribution in [2.75, 3.05) is 26.2 Å². The number of aliphatic hydroxyl groups is 1. The Kier molecular flexibility index (Phi) is 6.29. The van der Waals surface area contributed by atoms with Crippen LogP contribution in [0.5, 0.6) is 0 Å². The van der Waals surface area contributed by atoms with Crippen LogP contribution < -0.4 is 0 Å². The van der Waals surface area contributed by atoms with Crippen LogP contribution in [0.1, 0.15) is 53.9 Å². The van der Waals surface area contributed by atoms with Crippen LogP contribution >= 0.6 is 0 Å². The molecular formula is C18H35NO3. The van der Waals surface area contributed by atoms with Gasteiger partial charge >= 0.3 is 0 Å². The Balaban J connectivity index is 1.72. The van der Waals surface area contributed by atoms with Gasteiger partial charge in [0.1, 0.15) is 0 Å². The molecule has 22 heavy (non-hydrogen) atoms. The standard InChI is InChI=1S/C18H35NO3/c1-13-6-17(8-18(4,5)7-13)21-12-16(20)11-19-9-14(2)22-15(3)10-19/h13-17,20H,6-12H2,1-5H3/t13-,14-,15+,16+,17-/m0/s1. The van der Waals surface area contributed by atoms with Gasteiger partial charge in [-0.05, 0) is 44.4 Å². The molecular weight excluding hydrogens is 278 g/mol. The summed E-state index contributed by atoms with van der Waals surface area (Å²) in [6.07, 6.45) is 3.90. The number of nitrogens with zero attached hydrogens (tertiary/aromatic N) is 1. The molecule has 2 aliphatic rings. The van der Waals surface area contributed by atoms with E-state index in [1.165, 1.54) is 6.42 Å². The first-order valence-electron chi connectivity index (χ1n) is 8.91. The van der Waals surface area contributed by atoms with Crippen molar-refractivity contribution in [2.45, 2.75) is 78.3 Å². The number of ether oxygens (including phenoxy) is 2. The Morgan fingerprint density at radius 2 is 1.82 bits per heavy atom. The van der Waals surface area contributed by atoms with Crippen LogP contribution in [0.2, 0.25) is 0 Å². The number of hydrogen-bond donors (Lipinski definition) is 1. The summed E-state index contributed by atoms with van der Waals surface area (Å²) >= 11 is 0. The van der Waals surface area contributed by atoms with E-state index in [1.54, 1.807) is 0 Å². The fraction of sp³-hybridized carbons (Fsp3) is 1.00. The first kappa shape index (κ1) is 18.2. The Morgan fingerprint density at radius 1 is 1.18 bits per heavy atom. The largest absolute Gasteiger partial charge is 0.389 e. The highest BCUT2D eigenvalue weighted by molar-refractivity contribution is 4.84. The molecule has 0 amide bonds. The summed E-state index contributed by atoms with van der Waals surface area (Å²) in [7, 11) is 0. The summed E-state index contributed by atoms with van der Waals surface area (Å²) in [5, 5.41) is 10.3. The van der Waals surface area contributed by atoms with E-state index in [-0.39, 0.29) is 12.2 Å². The zero-order valence-corrected chi connectivity index (χ0v) is 15.0. The topological polar surface area (TPSA) is 41.9 Å². The van der Waals surface area contributed by atoms with Gasteiger partial charge in [0.25, 0.3) is 0 Å². The summed E-state index contributed by atoms with van der Waals surface area (Å²) in [5.41, 5.74) is 0.363. The molecule has 130 valence electrons. The van der Waals surface area contributed by atoms with Crippen LogP contribution in [0.3, 0.4) is 0 Å². The quantitative estimate of drug-likeness (QED) is 0.847. The van der Waals surface area contributed by atoms with Crippen molar-refractivity contribution in [3.05, 3.63) is 0 Å².